The van der Waals surface area contributed by atoms with Crippen LogP contribution in [0.2, 0.25) is 0 Å². The van der Waals surface area contributed by atoms with Gasteiger partial charge in [0.1, 0.15) is 5.75 Å². The highest BCUT2D eigenvalue weighted by molar-refractivity contribution is 9.10. The highest BCUT2D eigenvalue weighted by Crippen LogP contribution is 2.25. The van der Waals surface area contributed by atoms with Crippen LogP contribution in [0.3, 0.4) is 0 Å². The first-order valence-electron chi connectivity index (χ1n) is 9.48. The molecular formula is C22H24BrN3OS. The number of benzene rings is 2. The summed E-state index contributed by atoms with van der Waals surface area (Å²) in [5.41, 5.74) is 5.99. The molecule has 0 aliphatic carbocycles. The van der Waals surface area contributed by atoms with E-state index in [4.69, 9.17) is 4.74 Å². The Morgan fingerprint density at radius 3 is 2.82 bits per heavy atom. The Bertz CT molecular complexity index is 896. The third kappa shape index (κ3) is 6.17. The van der Waals surface area contributed by atoms with Gasteiger partial charge in [-0.25, -0.2) is 4.98 Å². The van der Waals surface area contributed by atoms with Crippen LogP contribution in [0.5, 0.6) is 5.75 Å². The molecule has 3 rings (SSSR count). The first kappa shape index (κ1) is 20.6. The van der Waals surface area contributed by atoms with Crippen LogP contribution in [-0.2, 0) is 0 Å². The molecule has 0 radical (unpaired) electrons. The van der Waals surface area contributed by atoms with Gasteiger partial charge in [-0.3, -0.25) is 5.43 Å². The molecule has 6 heteroatoms. The number of halogens is 1. The average Bonchev–Trinajstić information content (AvgIpc) is 3.19. The van der Waals surface area contributed by atoms with Crippen LogP contribution in [0, 0.1) is 0 Å². The lowest BCUT2D eigenvalue weighted by Crippen LogP contribution is -2.01. The van der Waals surface area contributed by atoms with Gasteiger partial charge in [0.2, 0.25) is 5.13 Å². The van der Waals surface area contributed by atoms with Gasteiger partial charge in [0.05, 0.1) is 18.5 Å². The van der Waals surface area contributed by atoms with Crippen molar-refractivity contribution >= 4 is 38.6 Å². The number of hydrogen-bond donors (Lipinski definition) is 1. The van der Waals surface area contributed by atoms with Crippen molar-refractivity contribution < 1.29 is 4.74 Å². The summed E-state index contributed by atoms with van der Waals surface area (Å²) in [7, 11) is 0. The lowest BCUT2D eigenvalue weighted by atomic mass is 10.2. The van der Waals surface area contributed by atoms with Gasteiger partial charge in [-0.15, -0.1) is 11.3 Å². The Morgan fingerprint density at radius 1 is 1.14 bits per heavy atom. The fourth-order valence-corrected chi connectivity index (χ4v) is 3.73. The molecule has 4 nitrogen and oxygen atoms in total. The largest absolute Gasteiger partial charge is 0.493 e. The number of ether oxygens (including phenoxy) is 1. The number of thiazole rings is 1. The summed E-state index contributed by atoms with van der Waals surface area (Å²) in [4.78, 5) is 4.58. The van der Waals surface area contributed by atoms with Crippen LogP contribution in [0.15, 0.2) is 63.5 Å². The second-order valence-corrected chi connectivity index (χ2v) is 8.14. The summed E-state index contributed by atoms with van der Waals surface area (Å²) < 4.78 is 6.94. The summed E-state index contributed by atoms with van der Waals surface area (Å²) in [5.74, 6) is 0.842. The Labute approximate surface area is 178 Å². The number of rotatable bonds is 10. The van der Waals surface area contributed by atoms with Gasteiger partial charge in [-0.2, -0.15) is 5.10 Å². The summed E-state index contributed by atoms with van der Waals surface area (Å²) >= 11 is 5.05. The number of nitrogens with zero attached hydrogens (tertiary/aromatic N) is 2. The lowest BCUT2D eigenvalue weighted by Gasteiger charge is -2.09. The molecular weight excluding hydrogens is 434 g/mol. The standard InChI is InChI=1S/C22H24BrN3OS/c1-2-3-4-8-13-27-21-12-11-19(23)14-18(21)15-24-26-22-25-20(16-28-22)17-9-6-5-7-10-17/h5-7,9-12,14-16H,2-4,8,13H2,1H3,(H,25,26). The number of aromatic nitrogens is 1. The number of unbranched alkanes of at least 4 members (excludes halogenated alkanes) is 3. The fourth-order valence-electron chi connectivity index (χ4n) is 2.69. The molecule has 0 saturated carbocycles. The van der Waals surface area contributed by atoms with E-state index in [0.29, 0.717) is 0 Å². The molecule has 2 aromatic carbocycles. The number of hydrazone groups is 1. The molecule has 1 aromatic heterocycles. The summed E-state index contributed by atoms with van der Waals surface area (Å²) in [6.07, 6.45) is 6.52. The average molecular weight is 458 g/mol. The topological polar surface area (TPSA) is 46.5 Å². The van der Waals surface area contributed by atoms with Gasteiger partial charge in [-0.1, -0.05) is 72.4 Å². The first-order chi connectivity index (χ1) is 13.8. The van der Waals surface area contributed by atoms with Crippen molar-refractivity contribution in [1.29, 1.82) is 0 Å². The van der Waals surface area contributed by atoms with Crippen molar-refractivity contribution in [3.05, 3.63) is 63.9 Å². The molecule has 1 N–H and O–H groups in total. The second-order valence-electron chi connectivity index (χ2n) is 6.37. The highest BCUT2D eigenvalue weighted by atomic mass is 79.9. The van der Waals surface area contributed by atoms with Crippen LogP contribution in [-0.4, -0.2) is 17.8 Å². The Kier molecular flexibility index (Phi) is 8.06. The minimum atomic E-state index is 0.725. The smallest absolute Gasteiger partial charge is 0.203 e. The molecule has 3 aromatic rings. The van der Waals surface area contributed by atoms with E-state index in [-0.39, 0.29) is 0 Å². The van der Waals surface area contributed by atoms with E-state index in [1.54, 1.807) is 6.21 Å². The quantitative estimate of drug-likeness (QED) is 0.203. The summed E-state index contributed by atoms with van der Waals surface area (Å²) in [6, 6.07) is 16.1. The molecule has 0 spiro atoms. The number of anilines is 1. The third-order valence-electron chi connectivity index (χ3n) is 4.16. The van der Waals surface area contributed by atoms with Crippen molar-refractivity contribution in [3.63, 3.8) is 0 Å². The van der Waals surface area contributed by atoms with E-state index in [0.717, 1.165) is 45.2 Å². The van der Waals surface area contributed by atoms with Crippen molar-refractivity contribution in [3.8, 4) is 17.0 Å². The van der Waals surface area contributed by atoms with Gasteiger partial charge in [-0.05, 0) is 24.6 Å². The molecule has 28 heavy (non-hydrogen) atoms. The molecule has 0 bridgehead atoms. The van der Waals surface area contributed by atoms with E-state index in [1.807, 2.05) is 53.9 Å². The highest BCUT2D eigenvalue weighted by Gasteiger charge is 2.05. The zero-order chi connectivity index (χ0) is 19.6. The van der Waals surface area contributed by atoms with E-state index in [2.05, 4.69) is 38.4 Å². The Hall–Kier alpha value is -2.18. The van der Waals surface area contributed by atoms with Crippen LogP contribution in [0.4, 0.5) is 5.13 Å². The minimum Gasteiger partial charge on any atom is -0.493 e. The fraction of sp³-hybridized carbons (Fsp3) is 0.273. The maximum Gasteiger partial charge on any atom is 0.203 e. The normalized spacial score (nSPS) is 11.1. The molecule has 0 aliphatic rings. The van der Waals surface area contributed by atoms with Crippen LogP contribution in [0.25, 0.3) is 11.3 Å². The third-order valence-corrected chi connectivity index (χ3v) is 5.41. The number of hydrogen-bond acceptors (Lipinski definition) is 5. The molecule has 1 heterocycles. The minimum absolute atomic E-state index is 0.725. The summed E-state index contributed by atoms with van der Waals surface area (Å²) in [5, 5.41) is 7.13. The van der Waals surface area contributed by atoms with Crippen molar-refractivity contribution in [2.45, 2.75) is 32.6 Å². The maximum atomic E-state index is 5.95. The van der Waals surface area contributed by atoms with E-state index < -0.39 is 0 Å². The van der Waals surface area contributed by atoms with Crippen molar-refractivity contribution in [2.75, 3.05) is 12.0 Å². The van der Waals surface area contributed by atoms with Gasteiger partial charge >= 0.3 is 0 Å². The van der Waals surface area contributed by atoms with Gasteiger partial charge < -0.3 is 4.74 Å². The molecule has 0 unspecified atom stereocenters. The molecule has 0 aliphatic heterocycles. The first-order valence-corrected chi connectivity index (χ1v) is 11.2. The molecule has 0 saturated heterocycles. The zero-order valence-corrected chi connectivity index (χ0v) is 18.3. The monoisotopic (exact) mass is 457 g/mol. The molecule has 0 amide bonds. The Balaban J connectivity index is 1.60. The predicted octanol–water partition coefficient (Wildman–Crippen LogP) is 6.98. The lowest BCUT2D eigenvalue weighted by molar-refractivity contribution is 0.304. The number of nitrogens with one attached hydrogen (secondary N) is 1. The van der Waals surface area contributed by atoms with Crippen LogP contribution in [0.1, 0.15) is 38.2 Å². The van der Waals surface area contributed by atoms with Gasteiger partial charge in [0.15, 0.2) is 0 Å². The maximum absolute atomic E-state index is 5.95. The summed E-state index contributed by atoms with van der Waals surface area (Å²) in [6.45, 7) is 2.94. The predicted molar refractivity (Wildman–Crippen MR) is 123 cm³/mol. The SMILES string of the molecule is CCCCCCOc1ccc(Br)cc1C=NNc1nc(-c2ccccc2)cs1. The van der Waals surface area contributed by atoms with E-state index in [9.17, 15) is 0 Å². The van der Waals surface area contributed by atoms with Gasteiger partial charge in [0, 0.05) is 21.0 Å². The van der Waals surface area contributed by atoms with Crippen LogP contribution < -0.4 is 10.2 Å². The van der Waals surface area contributed by atoms with Crippen molar-refractivity contribution in [1.82, 2.24) is 4.98 Å². The van der Waals surface area contributed by atoms with Crippen LogP contribution >= 0.6 is 27.3 Å². The molecule has 146 valence electrons. The molecule has 0 atom stereocenters. The second kappa shape index (κ2) is 11.0. The molecule has 0 fully saturated rings. The zero-order valence-electron chi connectivity index (χ0n) is 15.9. The van der Waals surface area contributed by atoms with Crippen molar-refractivity contribution in [2.24, 2.45) is 5.10 Å². The van der Waals surface area contributed by atoms with E-state index in [1.165, 1.54) is 30.6 Å². The Morgan fingerprint density at radius 2 is 2.00 bits per heavy atom. The van der Waals surface area contributed by atoms with E-state index >= 15 is 0 Å². The van der Waals surface area contributed by atoms with Gasteiger partial charge in [0.25, 0.3) is 0 Å².